The van der Waals surface area contributed by atoms with E-state index in [1.807, 2.05) is 0 Å². The number of carbonyl (C=O) groups is 1. The summed E-state index contributed by atoms with van der Waals surface area (Å²) in [6, 6.07) is 0.471. The van der Waals surface area contributed by atoms with Gasteiger partial charge in [0.25, 0.3) is 0 Å². The van der Waals surface area contributed by atoms with Crippen LogP contribution in [-0.2, 0) is 4.79 Å². The molecule has 3 N–H and O–H groups in total. The third-order valence-corrected chi connectivity index (χ3v) is 2.83. The molecule has 0 bridgehead atoms. The minimum absolute atomic E-state index is 0.262. The molecule has 0 aromatic rings. The monoisotopic (exact) mass is 199 g/mol. The molecule has 0 aromatic heterocycles. The van der Waals surface area contributed by atoms with Gasteiger partial charge in [-0.05, 0) is 38.9 Å². The van der Waals surface area contributed by atoms with Crippen molar-refractivity contribution in [1.29, 1.82) is 0 Å². The Morgan fingerprint density at radius 1 is 1.50 bits per heavy atom. The van der Waals surface area contributed by atoms with Crippen molar-refractivity contribution >= 4 is 5.91 Å². The number of nitrogens with zero attached hydrogens (tertiary/aromatic N) is 1. The molecule has 1 fully saturated rings. The minimum Gasteiger partial charge on any atom is -0.369 e. The van der Waals surface area contributed by atoms with Crippen molar-refractivity contribution in [2.75, 3.05) is 26.2 Å². The first-order valence-corrected chi connectivity index (χ1v) is 5.46. The van der Waals surface area contributed by atoms with Gasteiger partial charge in [0, 0.05) is 6.04 Å². The minimum atomic E-state index is -0.262. The molecule has 1 heterocycles. The second kappa shape index (κ2) is 5.98. The highest BCUT2D eigenvalue weighted by Gasteiger charge is 2.15. The topological polar surface area (TPSA) is 58.4 Å². The van der Waals surface area contributed by atoms with Gasteiger partial charge < -0.3 is 16.0 Å². The normalized spacial score (nSPS) is 24.5. The molecule has 0 saturated carbocycles. The first-order chi connectivity index (χ1) is 6.72. The van der Waals surface area contributed by atoms with Crippen molar-refractivity contribution in [2.45, 2.75) is 32.2 Å². The predicted molar refractivity (Wildman–Crippen MR) is 57.0 cm³/mol. The standard InChI is InChI=1S/C10H21N3O/c1-2-13-6-3-4-9(5-7-13)12-8-10(11)14/h9,12H,2-8H2,1H3,(H2,11,14). The van der Waals surface area contributed by atoms with Gasteiger partial charge in [-0.25, -0.2) is 0 Å². The van der Waals surface area contributed by atoms with E-state index in [0.29, 0.717) is 12.6 Å². The number of likely N-dealkylation sites (tertiary alicyclic amines) is 1. The summed E-state index contributed by atoms with van der Waals surface area (Å²) in [4.78, 5) is 13.0. The lowest BCUT2D eigenvalue weighted by Crippen LogP contribution is -2.37. The zero-order chi connectivity index (χ0) is 10.4. The molecule has 0 aromatic carbocycles. The van der Waals surface area contributed by atoms with Crippen LogP contribution in [0.4, 0.5) is 0 Å². The Hall–Kier alpha value is -0.610. The molecule has 1 unspecified atom stereocenters. The fraction of sp³-hybridized carbons (Fsp3) is 0.900. The van der Waals surface area contributed by atoms with Gasteiger partial charge in [0.05, 0.1) is 6.54 Å². The van der Waals surface area contributed by atoms with Crippen LogP contribution in [0.25, 0.3) is 0 Å². The maximum atomic E-state index is 10.6. The van der Waals surface area contributed by atoms with Crippen molar-refractivity contribution in [1.82, 2.24) is 10.2 Å². The summed E-state index contributed by atoms with van der Waals surface area (Å²) in [6.45, 7) is 5.95. The van der Waals surface area contributed by atoms with Crippen LogP contribution in [0.1, 0.15) is 26.2 Å². The van der Waals surface area contributed by atoms with Gasteiger partial charge in [0.1, 0.15) is 0 Å². The van der Waals surface area contributed by atoms with E-state index < -0.39 is 0 Å². The molecule has 0 aliphatic carbocycles. The maximum Gasteiger partial charge on any atom is 0.231 e. The number of primary amides is 1. The fourth-order valence-corrected chi connectivity index (χ4v) is 1.92. The molecule has 14 heavy (non-hydrogen) atoms. The van der Waals surface area contributed by atoms with Crippen LogP contribution >= 0.6 is 0 Å². The van der Waals surface area contributed by atoms with E-state index in [-0.39, 0.29) is 5.91 Å². The summed E-state index contributed by atoms with van der Waals surface area (Å²) in [5.74, 6) is -0.262. The van der Waals surface area contributed by atoms with Crippen LogP contribution in [-0.4, -0.2) is 43.0 Å². The molecule has 1 saturated heterocycles. The molecule has 1 atom stereocenters. The van der Waals surface area contributed by atoms with Gasteiger partial charge in [-0.15, -0.1) is 0 Å². The number of amides is 1. The van der Waals surface area contributed by atoms with Crippen molar-refractivity contribution in [3.05, 3.63) is 0 Å². The second-order valence-corrected chi connectivity index (χ2v) is 3.91. The van der Waals surface area contributed by atoms with Gasteiger partial charge in [-0.2, -0.15) is 0 Å². The zero-order valence-electron chi connectivity index (χ0n) is 8.96. The van der Waals surface area contributed by atoms with E-state index in [1.165, 1.54) is 13.0 Å². The summed E-state index contributed by atoms with van der Waals surface area (Å²) in [6.07, 6.45) is 3.50. The van der Waals surface area contributed by atoms with Crippen LogP contribution in [0, 0.1) is 0 Å². The molecule has 1 aliphatic heterocycles. The lowest BCUT2D eigenvalue weighted by atomic mass is 10.1. The number of nitrogens with two attached hydrogens (primary N) is 1. The molecule has 1 aliphatic rings. The molecule has 82 valence electrons. The van der Waals surface area contributed by atoms with Gasteiger partial charge in [0.15, 0.2) is 0 Å². The molecule has 0 radical (unpaired) electrons. The molecular formula is C10H21N3O. The van der Waals surface area contributed by atoms with E-state index in [0.717, 1.165) is 25.9 Å². The van der Waals surface area contributed by atoms with Gasteiger partial charge >= 0.3 is 0 Å². The number of carbonyl (C=O) groups excluding carboxylic acids is 1. The number of hydrogen-bond donors (Lipinski definition) is 2. The second-order valence-electron chi connectivity index (χ2n) is 3.91. The number of rotatable bonds is 4. The van der Waals surface area contributed by atoms with Crippen molar-refractivity contribution < 1.29 is 4.79 Å². The van der Waals surface area contributed by atoms with E-state index in [2.05, 4.69) is 17.1 Å². The Morgan fingerprint density at radius 3 is 2.93 bits per heavy atom. The highest BCUT2D eigenvalue weighted by atomic mass is 16.1. The smallest absolute Gasteiger partial charge is 0.231 e. The summed E-state index contributed by atoms with van der Waals surface area (Å²) < 4.78 is 0. The molecular weight excluding hydrogens is 178 g/mol. The van der Waals surface area contributed by atoms with Crippen LogP contribution in [0.3, 0.4) is 0 Å². The van der Waals surface area contributed by atoms with Crippen LogP contribution in [0.2, 0.25) is 0 Å². The Labute approximate surface area is 85.8 Å². The summed E-state index contributed by atoms with van der Waals surface area (Å²) >= 11 is 0. The lowest BCUT2D eigenvalue weighted by Gasteiger charge is -2.17. The highest BCUT2D eigenvalue weighted by Crippen LogP contribution is 2.10. The van der Waals surface area contributed by atoms with Crippen LogP contribution in [0.5, 0.6) is 0 Å². The van der Waals surface area contributed by atoms with Gasteiger partial charge in [-0.3, -0.25) is 4.79 Å². The molecule has 1 rings (SSSR count). The SMILES string of the molecule is CCN1CCCC(NCC(N)=O)CC1. The molecule has 4 nitrogen and oxygen atoms in total. The predicted octanol–water partition coefficient (Wildman–Crippen LogP) is -0.0643. The molecule has 0 spiro atoms. The highest BCUT2D eigenvalue weighted by molar-refractivity contribution is 5.75. The Balaban J connectivity index is 2.23. The third-order valence-electron chi connectivity index (χ3n) is 2.83. The van der Waals surface area contributed by atoms with E-state index in [9.17, 15) is 4.79 Å². The lowest BCUT2D eigenvalue weighted by molar-refractivity contribution is -0.117. The summed E-state index contributed by atoms with van der Waals surface area (Å²) in [7, 11) is 0. The zero-order valence-corrected chi connectivity index (χ0v) is 8.96. The van der Waals surface area contributed by atoms with Crippen molar-refractivity contribution in [3.63, 3.8) is 0 Å². The Morgan fingerprint density at radius 2 is 2.29 bits per heavy atom. The Bertz CT molecular complexity index is 184. The average molecular weight is 199 g/mol. The first kappa shape index (κ1) is 11.5. The van der Waals surface area contributed by atoms with E-state index in [1.54, 1.807) is 0 Å². The van der Waals surface area contributed by atoms with Crippen LogP contribution in [0.15, 0.2) is 0 Å². The maximum absolute atomic E-state index is 10.6. The Kier molecular flexibility index (Phi) is 4.90. The quantitative estimate of drug-likeness (QED) is 0.666. The largest absolute Gasteiger partial charge is 0.369 e. The first-order valence-electron chi connectivity index (χ1n) is 5.46. The average Bonchev–Trinajstić information content (AvgIpc) is 2.39. The van der Waals surface area contributed by atoms with Gasteiger partial charge in [-0.1, -0.05) is 6.92 Å². The molecule has 1 amide bonds. The van der Waals surface area contributed by atoms with Crippen molar-refractivity contribution in [3.8, 4) is 0 Å². The van der Waals surface area contributed by atoms with E-state index >= 15 is 0 Å². The summed E-state index contributed by atoms with van der Waals surface area (Å²) in [5.41, 5.74) is 5.09. The van der Waals surface area contributed by atoms with E-state index in [4.69, 9.17) is 5.73 Å². The summed E-state index contributed by atoms with van der Waals surface area (Å²) in [5, 5.41) is 3.20. The van der Waals surface area contributed by atoms with Crippen molar-refractivity contribution in [2.24, 2.45) is 5.73 Å². The fourth-order valence-electron chi connectivity index (χ4n) is 1.92. The van der Waals surface area contributed by atoms with Gasteiger partial charge in [0.2, 0.25) is 5.91 Å². The number of nitrogens with one attached hydrogen (secondary N) is 1. The molecule has 4 heteroatoms. The van der Waals surface area contributed by atoms with Crippen LogP contribution < -0.4 is 11.1 Å². The third kappa shape index (κ3) is 4.07. The number of hydrogen-bond acceptors (Lipinski definition) is 3.